The highest BCUT2D eigenvalue weighted by Gasteiger charge is 2.21. The molecule has 1 aliphatic heterocycles. The Morgan fingerprint density at radius 1 is 1.10 bits per heavy atom. The molecule has 0 atom stereocenters. The molecule has 106 valence electrons. The summed E-state index contributed by atoms with van der Waals surface area (Å²) in [5.41, 5.74) is 5.58. The SMILES string of the molecule is CC(C)c1ccnc2c3c(ccc12)CCN(C(C)C)C3. The molecular weight excluding hydrogens is 244 g/mol. The van der Waals surface area contributed by atoms with Crippen LogP contribution in [0.2, 0.25) is 0 Å². The molecule has 0 bridgehead atoms. The van der Waals surface area contributed by atoms with Crippen molar-refractivity contribution >= 4 is 10.9 Å². The van der Waals surface area contributed by atoms with Crippen molar-refractivity contribution in [3.8, 4) is 0 Å². The maximum atomic E-state index is 4.70. The minimum Gasteiger partial charge on any atom is -0.296 e. The van der Waals surface area contributed by atoms with Crippen molar-refractivity contribution in [2.45, 2.75) is 52.6 Å². The largest absolute Gasteiger partial charge is 0.296 e. The number of nitrogens with zero attached hydrogens (tertiary/aromatic N) is 2. The Bertz CT molecular complexity index is 629. The first kappa shape index (κ1) is 13.6. The molecule has 0 saturated carbocycles. The molecule has 2 nitrogen and oxygen atoms in total. The maximum Gasteiger partial charge on any atom is 0.0752 e. The van der Waals surface area contributed by atoms with Crippen molar-refractivity contribution in [2.24, 2.45) is 0 Å². The average molecular weight is 268 g/mol. The molecule has 1 aromatic carbocycles. The highest BCUT2D eigenvalue weighted by atomic mass is 15.1. The van der Waals surface area contributed by atoms with E-state index in [9.17, 15) is 0 Å². The van der Waals surface area contributed by atoms with Gasteiger partial charge in [0.1, 0.15) is 0 Å². The number of fused-ring (bicyclic) bond motifs is 3. The monoisotopic (exact) mass is 268 g/mol. The van der Waals surface area contributed by atoms with Gasteiger partial charge >= 0.3 is 0 Å². The fraction of sp³-hybridized carbons (Fsp3) is 0.500. The molecule has 1 aromatic heterocycles. The third kappa shape index (κ3) is 2.22. The summed E-state index contributed by atoms with van der Waals surface area (Å²) in [4.78, 5) is 7.25. The summed E-state index contributed by atoms with van der Waals surface area (Å²) >= 11 is 0. The molecule has 2 heterocycles. The van der Waals surface area contributed by atoms with Crippen LogP contribution in [0.25, 0.3) is 10.9 Å². The van der Waals surface area contributed by atoms with Crippen molar-refractivity contribution < 1.29 is 0 Å². The Labute approximate surface area is 121 Å². The normalized spacial score (nSPS) is 16.1. The van der Waals surface area contributed by atoms with Crippen LogP contribution in [0.15, 0.2) is 24.4 Å². The van der Waals surface area contributed by atoms with Crippen LogP contribution in [-0.2, 0) is 13.0 Å². The third-order valence-electron chi connectivity index (χ3n) is 4.53. The molecule has 0 radical (unpaired) electrons. The van der Waals surface area contributed by atoms with E-state index in [4.69, 9.17) is 4.98 Å². The fourth-order valence-electron chi connectivity index (χ4n) is 3.24. The Morgan fingerprint density at radius 2 is 1.90 bits per heavy atom. The van der Waals surface area contributed by atoms with Crippen molar-refractivity contribution in [3.63, 3.8) is 0 Å². The van der Waals surface area contributed by atoms with Gasteiger partial charge in [0.05, 0.1) is 5.52 Å². The molecule has 0 unspecified atom stereocenters. The summed E-state index contributed by atoms with van der Waals surface area (Å²) in [7, 11) is 0. The maximum absolute atomic E-state index is 4.70. The van der Waals surface area contributed by atoms with E-state index < -0.39 is 0 Å². The summed E-state index contributed by atoms with van der Waals surface area (Å²) < 4.78 is 0. The zero-order chi connectivity index (χ0) is 14.3. The van der Waals surface area contributed by atoms with Gasteiger partial charge in [0, 0.05) is 30.7 Å². The lowest BCUT2D eigenvalue weighted by atomic mass is 9.92. The number of rotatable bonds is 2. The number of hydrogen-bond donors (Lipinski definition) is 0. The van der Waals surface area contributed by atoms with Gasteiger partial charge < -0.3 is 0 Å². The van der Waals surface area contributed by atoms with E-state index >= 15 is 0 Å². The lowest BCUT2D eigenvalue weighted by Crippen LogP contribution is -2.36. The van der Waals surface area contributed by atoms with Crippen LogP contribution in [0.5, 0.6) is 0 Å². The number of pyridine rings is 1. The predicted molar refractivity (Wildman–Crippen MR) is 85.1 cm³/mol. The Morgan fingerprint density at radius 3 is 2.60 bits per heavy atom. The molecule has 0 amide bonds. The molecule has 0 aliphatic carbocycles. The van der Waals surface area contributed by atoms with Crippen molar-refractivity contribution in [1.29, 1.82) is 0 Å². The molecule has 2 aromatic rings. The van der Waals surface area contributed by atoms with Crippen LogP contribution >= 0.6 is 0 Å². The van der Waals surface area contributed by atoms with Crippen LogP contribution in [0.1, 0.15) is 50.3 Å². The lowest BCUT2D eigenvalue weighted by molar-refractivity contribution is 0.204. The zero-order valence-electron chi connectivity index (χ0n) is 13.0. The van der Waals surface area contributed by atoms with E-state index in [1.165, 1.54) is 34.1 Å². The molecule has 2 heteroatoms. The van der Waals surface area contributed by atoms with Crippen molar-refractivity contribution in [3.05, 3.63) is 41.1 Å². The highest BCUT2D eigenvalue weighted by Crippen LogP contribution is 2.31. The van der Waals surface area contributed by atoms with E-state index in [0.717, 1.165) is 13.0 Å². The van der Waals surface area contributed by atoms with E-state index in [0.29, 0.717) is 12.0 Å². The summed E-state index contributed by atoms with van der Waals surface area (Å²) in [5, 5.41) is 1.34. The van der Waals surface area contributed by atoms with E-state index in [-0.39, 0.29) is 0 Å². The number of hydrogen-bond acceptors (Lipinski definition) is 2. The minimum absolute atomic E-state index is 0.545. The smallest absolute Gasteiger partial charge is 0.0752 e. The molecule has 0 N–H and O–H groups in total. The van der Waals surface area contributed by atoms with Crippen LogP contribution in [-0.4, -0.2) is 22.5 Å². The summed E-state index contributed by atoms with van der Waals surface area (Å²) in [6.07, 6.45) is 3.13. The second-order valence-corrected chi connectivity index (χ2v) is 6.47. The number of aromatic nitrogens is 1. The summed E-state index contributed by atoms with van der Waals surface area (Å²) in [5.74, 6) is 0.545. The van der Waals surface area contributed by atoms with Gasteiger partial charge in [-0.2, -0.15) is 0 Å². The van der Waals surface area contributed by atoms with E-state index in [2.05, 4.69) is 50.8 Å². The van der Waals surface area contributed by atoms with Crippen molar-refractivity contribution in [2.75, 3.05) is 6.54 Å². The van der Waals surface area contributed by atoms with Gasteiger partial charge in [-0.05, 0) is 48.9 Å². The van der Waals surface area contributed by atoms with Gasteiger partial charge in [0.2, 0.25) is 0 Å². The first-order valence-electron chi connectivity index (χ1n) is 7.71. The first-order valence-corrected chi connectivity index (χ1v) is 7.71. The van der Waals surface area contributed by atoms with Crippen LogP contribution in [0, 0.1) is 0 Å². The second-order valence-electron chi connectivity index (χ2n) is 6.47. The molecule has 20 heavy (non-hydrogen) atoms. The highest BCUT2D eigenvalue weighted by molar-refractivity contribution is 5.86. The van der Waals surface area contributed by atoms with Gasteiger partial charge in [-0.15, -0.1) is 0 Å². The average Bonchev–Trinajstić information content (AvgIpc) is 2.45. The molecule has 0 spiro atoms. The summed E-state index contributed by atoms with van der Waals surface area (Å²) in [6, 6.07) is 7.37. The van der Waals surface area contributed by atoms with Crippen LogP contribution in [0.3, 0.4) is 0 Å². The topological polar surface area (TPSA) is 16.1 Å². The van der Waals surface area contributed by atoms with E-state index in [1.807, 2.05) is 6.20 Å². The zero-order valence-corrected chi connectivity index (χ0v) is 13.0. The quantitative estimate of drug-likeness (QED) is 0.814. The van der Waals surface area contributed by atoms with E-state index in [1.54, 1.807) is 0 Å². The van der Waals surface area contributed by atoms with Gasteiger partial charge in [0.15, 0.2) is 0 Å². The predicted octanol–water partition coefficient (Wildman–Crippen LogP) is 4.12. The third-order valence-corrected chi connectivity index (χ3v) is 4.53. The molecule has 0 fully saturated rings. The molecule has 3 rings (SSSR count). The standard InChI is InChI=1S/C18H24N2/c1-12(2)15-7-9-19-18-16(15)6-5-14-8-10-20(13(3)4)11-17(14)18/h5-7,9,12-13H,8,10-11H2,1-4H3. The van der Waals surface area contributed by atoms with Gasteiger partial charge in [-0.3, -0.25) is 9.88 Å². The number of benzene rings is 1. The van der Waals surface area contributed by atoms with Gasteiger partial charge in [-0.25, -0.2) is 0 Å². The Hall–Kier alpha value is -1.41. The van der Waals surface area contributed by atoms with Crippen LogP contribution < -0.4 is 0 Å². The Kier molecular flexibility index (Phi) is 3.51. The lowest BCUT2D eigenvalue weighted by Gasteiger charge is -2.32. The molecular formula is C18H24N2. The minimum atomic E-state index is 0.545. The first-order chi connectivity index (χ1) is 9.58. The molecule has 1 aliphatic rings. The second kappa shape index (κ2) is 5.17. The Balaban J connectivity index is 2.16. The fourth-order valence-corrected chi connectivity index (χ4v) is 3.24. The van der Waals surface area contributed by atoms with Crippen molar-refractivity contribution in [1.82, 2.24) is 9.88 Å². The van der Waals surface area contributed by atoms with Crippen LogP contribution in [0.4, 0.5) is 0 Å². The summed E-state index contributed by atoms with van der Waals surface area (Å²) in [6.45, 7) is 11.3. The van der Waals surface area contributed by atoms with Gasteiger partial charge in [-0.1, -0.05) is 26.0 Å². The molecule has 0 saturated heterocycles. The van der Waals surface area contributed by atoms with Gasteiger partial charge in [0.25, 0.3) is 0 Å².